The van der Waals surface area contributed by atoms with E-state index in [1.54, 1.807) is 0 Å². The SMILES string of the molecule is OC1(Cl)CC=Cc2cc3ccccc3cc21. The standard InChI is InChI=1S/C14H11ClO/c15-14(16)7-3-6-12-8-10-4-1-2-5-11(10)9-13(12)14/h1-6,8-9,16H,7H2. The van der Waals surface area contributed by atoms with Crippen molar-refractivity contribution < 1.29 is 5.11 Å². The van der Waals surface area contributed by atoms with Gasteiger partial charge in [0.15, 0.2) is 5.06 Å². The summed E-state index contributed by atoms with van der Waals surface area (Å²) in [6, 6.07) is 12.1. The van der Waals surface area contributed by atoms with E-state index >= 15 is 0 Å². The van der Waals surface area contributed by atoms with Gasteiger partial charge in [-0.05, 0) is 28.5 Å². The fourth-order valence-corrected chi connectivity index (χ4v) is 2.43. The molecule has 0 saturated heterocycles. The maximum atomic E-state index is 10.1. The van der Waals surface area contributed by atoms with Crippen molar-refractivity contribution in [3.8, 4) is 0 Å². The smallest absolute Gasteiger partial charge is 0.168 e. The third-order valence-electron chi connectivity index (χ3n) is 3.02. The molecule has 16 heavy (non-hydrogen) atoms. The highest BCUT2D eigenvalue weighted by Crippen LogP contribution is 2.38. The summed E-state index contributed by atoms with van der Waals surface area (Å²) in [5, 5.41) is 11.1. The summed E-state index contributed by atoms with van der Waals surface area (Å²) in [5.74, 6) is 0. The molecular formula is C14H11ClO. The van der Waals surface area contributed by atoms with Crippen LogP contribution in [0.5, 0.6) is 0 Å². The van der Waals surface area contributed by atoms with Crippen molar-refractivity contribution in [3.63, 3.8) is 0 Å². The van der Waals surface area contributed by atoms with Crippen molar-refractivity contribution in [1.29, 1.82) is 0 Å². The van der Waals surface area contributed by atoms with Crippen LogP contribution in [0.3, 0.4) is 0 Å². The van der Waals surface area contributed by atoms with Gasteiger partial charge in [0.05, 0.1) is 0 Å². The molecule has 2 heteroatoms. The van der Waals surface area contributed by atoms with Crippen LogP contribution in [0.4, 0.5) is 0 Å². The normalized spacial score (nSPS) is 23.4. The lowest BCUT2D eigenvalue weighted by Gasteiger charge is -2.25. The zero-order chi connectivity index (χ0) is 11.2. The minimum absolute atomic E-state index is 0.458. The molecule has 0 aromatic heterocycles. The van der Waals surface area contributed by atoms with E-state index in [1.165, 1.54) is 5.39 Å². The molecule has 2 aromatic rings. The first-order valence-electron chi connectivity index (χ1n) is 5.28. The molecular weight excluding hydrogens is 220 g/mol. The molecule has 0 spiro atoms. The molecule has 1 aliphatic carbocycles. The van der Waals surface area contributed by atoms with Gasteiger partial charge in [0, 0.05) is 12.0 Å². The van der Waals surface area contributed by atoms with E-state index in [2.05, 4.69) is 12.1 Å². The van der Waals surface area contributed by atoms with Gasteiger partial charge < -0.3 is 5.11 Å². The topological polar surface area (TPSA) is 20.2 Å². The van der Waals surface area contributed by atoms with E-state index in [4.69, 9.17) is 11.6 Å². The third kappa shape index (κ3) is 1.44. The molecule has 0 amide bonds. The molecule has 80 valence electrons. The highest BCUT2D eigenvalue weighted by Gasteiger charge is 2.29. The van der Waals surface area contributed by atoms with Gasteiger partial charge in [0.2, 0.25) is 0 Å². The summed E-state index contributed by atoms with van der Waals surface area (Å²) in [5.41, 5.74) is 1.80. The van der Waals surface area contributed by atoms with Crippen LogP contribution in [0.15, 0.2) is 42.5 Å². The Hall–Kier alpha value is -1.31. The first kappa shape index (κ1) is 9.88. The Labute approximate surface area is 99.0 Å². The lowest BCUT2D eigenvalue weighted by Crippen LogP contribution is -2.20. The van der Waals surface area contributed by atoms with Crippen LogP contribution in [0, 0.1) is 0 Å². The largest absolute Gasteiger partial charge is 0.370 e. The van der Waals surface area contributed by atoms with Crippen LogP contribution >= 0.6 is 11.6 Å². The molecule has 0 radical (unpaired) electrons. The maximum absolute atomic E-state index is 10.1. The number of hydrogen-bond donors (Lipinski definition) is 1. The first-order valence-corrected chi connectivity index (χ1v) is 5.66. The van der Waals surface area contributed by atoms with Crippen LogP contribution in [0.25, 0.3) is 16.8 Å². The van der Waals surface area contributed by atoms with Crippen molar-refractivity contribution >= 4 is 28.4 Å². The predicted molar refractivity (Wildman–Crippen MR) is 67.3 cm³/mol. The molecule has 3 rings (SSSR count). The highest BCUT2D eigenvalue weighted by molar-refractivity contribution is 6.23. The zero-order valence-corrected chi connectivity index (χ0v) is 9.41. The van der Waals surface area contributed by atoms with Crippen molar-refractivity contribution in [3.05, 3.63) is 53.6 Å². The molecule has 0 saturated carbocycles. The molecule has 1 aliphatic rings. The average molecular weight is 231 g/mol. The second-order valence-electron chi connectivity index (χ2n) is 4.15. The second-order valence-corrected chi connectivity index (χ2v) is 4.78. The monoisotopic (exact) mass is 230 g/mol. The zero-order valence-electron chi connectivity index (χ0n) is 8.65. The quantitative estimate of drug-likeness (QED) is 0.685. The molecule has 0 bridgehead atoms. The van der Waals surface area contributed by atoms with E-state index in [0.717, 1.165) is 16.5 Å². The van der Waals surface area contributed by atoms with Gasteiger partial charge in [-0.3, -0.25) is 0 Å². The number of halogens is 1. The van der Waals surface area contributed by atoms with E-state index in [1.807, 2.05) is 36.4 Å². The Morgan fingerprint density at radius 2 is 1.81 bits per heavy atom. The summed E-state index contributed by atoms with van der Waals surface area (Å²) in [7, 11) is 0. The van der Waals surface area contributed by atoms with Crippen LogP contribution in [0.2, 0.25) is 0 Å². The van der Waals surface area contributed by atoms with Crippen molar-refractivity contribution in [2.75, 3.05) is 0 Å². The number of rotatable bonds is 0. The Morgan fingerprint density at radius 1 is 1.12 bits per heavy atom. The van der Waals surface area contributed by atoms with Crippen LogP contribution in [0.1, 0.15) is 17.5 Å². The van der Waals surface area contributed by atoms with E-state index in [0.29, 0.717) is 6.42 Å². The molecule has 0 heterocycles. The molecule has 0 aliphatic heterocycles. The lowest BCUT2D eigenvalue weighted by atomic mass is 9.91. The minimum Gasteiger partial charge on any atom is -0.370 e. The van der Waals surface area contributed by atoms with Crippen molar-refractivity contribution in [2.24, 2.45) is 0 Å². The molecule has 1 atom stereocenters. The number of alkyl halides is 1. The Balaban J connectivity index is 2.35. The fourth-order valence-electron chi connectivity index (χ4n) is 2.18. The summed E-state index contributed by atoms with van der Waals surface area (Å²) < 4.78 is 0. The molecule has 2 aromatic carbocycles. The van der Waals surface area contributed by atoms with E-state index < -0.39 is 5.06 Å². The number of fused-ring (bicyclic) bond motifs is 2. The van der Waals surface area contributed by atoms with Gasteiger partial charge in [-0.15, -0.1) is 0 Å². The van der Waals surface area contributed by atoms with Crippen LogP contribution in [-0.4, -0.2) is 5.11 Å². The van der Waals surface area contributed by atoms with Crippen LogP contribution in [-0.2, 0) is 5.06 Å². The van der Waals surface area contributed by atoms with Crippen LogP contribution < -0.4 is 0 Å². The lowest BCUT2D eigenvalue weighted by molar-refractivity contribution is 0.131. The molecule has 1 nitrogen and oxygen atoms in total. The number of benzene rings is 2. The molecule has 0 fully saturated rings. The summed E-state index contributed by atoms with van der Waals surface area (Å²) in [6.07, 6.45) is 4.38. The van der Waals surface area contributed by atoms with Gasteiger partial charge in [-0.2, -0.15) is 0 Å². The van der Waals surface area contributed by atoms with Gasteiger partial charge in [0.25, 0.3) is 0 Å². The molecule has 1 unspecified atom stereocenters. The number of aliphatic hydroxyl groups is 1. The fraction of sp³-hybridized carbons (Fsp3) is 0.143. The summed E-state index contributed by atoms with van der Waals surface area (Å²) in [4.78, 5) is 0. The Kier molecular flexibility index (Phi) is 2.06. The second kappa shape index (κ2) is 3.34. The van der Waals surface area contributed by atoms with Gasteiger partial charge in [-0.1, -0.05) is 48.0 Å². The van der Waals surface area contributed by atoms with E-state index in [9.17, 15) is 5.11 Å². The van der Waals surface area contributed by atoms with Gasteiger partial charge in [-0.25, -0.2) is 0 Å². The summed E-state index contributed by atoms with van der Waals surface area (Å²) >= 11 is 6.11. The van der Waals surface area contributed by atoms with Gasteiger partial charge >= 0.3 is 0 Å². The van der Waals surface area contributed by atoms with Gasteiger partial charge in [0.1, 0.15) is 0 Å². The third-order valence-corrected chi connectivity index (χ3v) is 3.37. The number of hydrogen-bond acceptors (Lipinski definition) is 1. The maximum Gasteiger partial charge on any atom is 0.168 e. The average Bonchev–Trinajstić information content (AvgIpc) is 2.27. The van der Waals surface area contributed by atoms with Crippen molar-refractivity contribution in [1.82, 2.24) is 0 Å². The summed E-state index contributed by atoms with van der Waals surface area (Å²) in [6.45, 7) is 0. The first-order chi connectivity index (χ1) is 7.67. The van der Waals surface area contributed by atoms with E-state index in [-0.39, 0.29) is 0 Å². The van der Waals surface area contributed by atoms with Crippen molar-refractivity contribution in [2.45, 2.75) is 11.5 Å². The minimum atomic E-state index is -1.26. The predicted octanol–water partition coefficient (Wildman–Crippen LogP) is 3.64. The molecule has 1 N–H and O–H groups in total. The Morgan fingerprint density at radius 3 is 2.56 bits per heavy atom. The highest BCUT2D eigenvalue weighted by atomic mass is 35.5. The Bertz CT molecular complexity index is 584.